The SMILES string of the molecule is C=NCc1ccccc1.Cc1cc(-c2cccc(C(C)C)c2)cc(-c2ccc3cc(-c4nc5ccccc5c5ccccc45)ccc3c2)c1.NC(N)c1ccccc1. The second-order valence-electron chi connectivity index (χ2n) is 15.0. The lowest BCUT2D eigenvalue weighted by Crippen LogP contribution is -2.19. The van der Waals surface area contributed by atoms with E-state index < -0.39 is 0 Å². The molecule has 4 N–H and O–H groups in total. The van der Waals surface area contributed by atoms with Crippen molar-refractivity contribution in [3.63, 3.8) is 0 Å². The molecule has 286 valence electrons. The van der Waals surface area contributed by atoms with Crippen LogP contribution in [-0.2, 0) is 6.54 Å². The van der Waals surface area contributed by atoms with Gasteiger partial charge in [-0.25, -0.2) is 4.98 Å². The molecule has 0 aliphatic carbocycles. The van der Waals surface area contributed by atoms with Gasteiger partial charge < -0.3 is 11.5 Å². The van der Waals surface area contributed by atoms with Gasteiger partial charge in [-0.15, -0.1) is 0 Å². The van der Waals surface area contributed by atoms with Gasteiger partial charge in [0.2, 0.25) is 0 Å². The van der Waals surface area contributed by atoms with Gasteiger partial charge >= 0.3 is 0 Å². The van der Waals surface area contributed by atoms with Crippen LogP contribution in [0.1, 0.15) is 48.2 Å². The van der Waals surface area contributed by atoms with Crippen LogP contribution in [-0.4, -0.2) is 11.7 Å². The molecule has 1 heterocycles. The van der Waals surface area contributed by atoms with Gasteiger partial charge in [-0.1, -0.05) is 178 Å². The van der Waals surface area contributed by atoms with Crippen LogP contribution in [0.2, 0.25) is 0 Å². The smallest absolute Gasteiger partial charge is 0.0788 e. The lowest BCUT2D eigenvalue weighted by atomic mass is 9.92. The Morgan fingerprint density at radius 3 is 1.69 bits per heavy atom. The number of rotatable bonds is 7. The molecule has 0 bridgehead atoms. The number of nitrogens with zero attached hydrogens (tertiary/aromatic N) is 2. The summed E-state index contributed by atoms with van der Waals surface area (Å²) in [6.45, 7) is 10.8. The zero-order valence-corrected chi connectivity index (χ0v) is 33.5. The average Bonchev–Trinajstić information content (AvgIpc) is 3.27. The van der Waals surface area contributed by atoms with Gasteiger partial charge in [0.15, 0.2) is 0 Å². The Hall–Kier alpha value is -6.72. The summed E-state index contributed by atoms with van der Waals surface area (Å²) < 4.78 is 0. The lowest BCUT2D eigenvalue weighted by Gasteiger charge is -2.13. The molecule has 0 saturated carbocycles. The zero-order valence-electron chi connectivity index (χ0n) is 33.5. The van der Waals surface area contributed by atoms with Crippen LogP contribution < -0.4 is 11.5 Å². The molecule has 8 aromatic carbocycles. The normalized spacial score (nSPS) is 10.9. The molecule has 4 heteroatoms. The third-order valence-electron chi connectivity index (χ3n) is 10.3. The number of fused-ring (bicyclic) bond motifs is 4. The summed E-state index contributed by atoms with van der Waals surface area (Å²) >= 11 is 0. The third kappa shape index (κ3) is 9.45. The Morgan fingerprint density at radius 2 is 1.05 bits per heavy atom. The highest BCUT2D eigenvalue weighted by Crippen LogP contribution is 2.35. The summed E-state index contributed by atoms with van der Waals surface area (Å²) in [6, 6.07) is 66.1. The molecule has 0 radical (unpaired) electrons. The molecular weight excluding hydrogens is 705 g/mol. The van der Waals surface area contributed by atoms with Crippen molar-refractivity contribution in [3.05, 3.63) is 210 Å². The van der Waals surface area contributed by atoms with Crippen molar-refractivity contribution < 1.29 is 0 Å². The fourth-order valence-corrected chi connectivity index (χ4v) is 7.28. The Bertz CT molecular complexity index is 2790. The van der Waals surface area contributed by atoms with Crippen LogP contribution in [0.4, 0.5) is 0 Å². The number of nitrogens with two attached hydrogens (primary N) is 2. The number of hydrogen-bond acceptors (Lipinski definition) is 4. The molecule has 9 rings (SSSR count). The van der Waals surface area contributed by atoms with E-state index >= 15 is 0 Å². The topological polar surface area (TPSA) is 77.3 Å². The molecule has 9 aromatic rings. The van der Waals surface area contributed by atoms with Crippen molar-refractivity contribution in [3.8, 4) is 33.5 Å². The summed E-state index contributed by atoms with van der Waals surface area (Å²) in [4.78, 5) is 8.87. The van der Waals surface area contributed by atoms with E-state index in [0.717, 1.165) is 28.9 Å². The largest absolute Gasteiger partial charge is 0.312 e. The lowest BCUT2D eigenvalue weighted by molar-refractivity contribution is 0.774. The number of hydrogen-bond donors (Lipinski definition) is 2. The molecule has 1 aromatic heterocycles. The molecule has 0 aliphatic heterocycles. The Kier molecular flexibility index (Phi) is 12.6. The van der Waals surface area contributed by atoms with Crippen molar-refractivity contribution in [2.45, 2.75) is 39.4 Å². The first-order chi connectivity index (χ1) is 28.3. The van der Waals surface area contributed by atoms with E-state index in [1.54, 1.807) is 0 Å². The highest BCUT2D eigenvalue weighted by atomic mass is 14.8. The molecule has 0 spiro atoms. The van der Waals surface area contributed by atoms with Crippen LogP contribution in [0.5, 0.6) is 0 Å². The number of aryl methyl sites for hydroxylation is 1. The van der Waals surface area contributed by atoms with E-state index in [-0.39, 0.29) is 6.17 Å². The van der Waals surface area contributed by atoms with Gasteiger partial charge in [0.25, 0.3) is 0 Å². The summed E-state index contributed by atoms with van der Waals surface area (Å²) in [5.41, 5.74) is 23.8. The quantitative estimate of drug-likeness (QED) is 0.0966. The predicted octanol–water partition coefficient (Wildman–Crippen LogP) is 13.5. The van der Waals surface area contributed by atoms with E-state index in [1.165, 1.54) is 65.9 Å². The maximum atomic E-state index is 5.39. The van der Waals surface area contributed by atoms with Crippen LogP contribution in [0.15, 0.2) is 193 Å². The minimum absolute atomic E-state index is 0.341. The molecule has 4 nitrogen and oxygen atoms in total. The van der Waals surface area contributed by atoms with E-state index in [9.17, 15) is 0 Å². The van der Waals surface area contributed by atoms with Crippen LogP contribution >= 0.6 is 0 Å². The number of aliphatic imine (C=N–C) groups is 1. The van der Waals surface area contributed by atoms with Gasteiger partial charge in [0, 0.05) is 16.3 Å². The third-order valence-corrected chi connectivity index (χ3v) is 10.3. The first-order valence-corrected chi connectivity index (χ1v) is 19.8. The predicted molar refractivity (Wildman–Crippen MR) is 249 cm³/mol. The zero-order chi connectivity index (χ0) is 40.4. The van der Waals surface area contributed by atoms with Gasteiger partial charge in [-0.3, -0.25) is 4.99 Å². The van der Waals surface area contributed by atoms with E-state index in [1.807, 2.05) is 60.7 Å². The minimum atomic E-state index is -0.341. The van der Waals surface area contributed by atoms with E-state index in [0.29, 0.717) is 5.92 Å². The first kappa shape index (κ1) is 39.5. The first-order valence-electron chi connectivity index (χ1n) is 19.8. The highest BCUT2D eigenvalue weighted by molar-refractivity contribution is 6.11. The number of aromatic nitrogens is 1. The average molecular weight is 755 g/mol. The van der Waals surface area contributed by atoms with Gasteiger partial charge in [0.1, 0.15) is 0 Å². The minimum Gasteiger partial charge on any atom is -0.312 e. The van der Waals surface area contributed by atoms with Crippen LogP contribution in [0, 0.1) is 6.92 Å². The Labute approximate surface area is 342 Å². The van der Waals surface area contributed by atoms with Crippen molar-refractivity contribution in [1.29, 1.82) is 0 Å². The standard InChI is InChI=1S/C39H31N.C8H9N.C7H10N2/c1-25(2)27-9-8-10-28(21-27)33-19-26(3)20-34(24-33)31-16-15-30-23-32(18-17-29(30)22-31)39-37-13-5-4-11-35(37)36-12-6-7-14-38(36)40-39;1-9-7-8-5-3-2-4-6-8;8-7(9)6-4-2-1-3-5-6/h4-25H,1-3H3;2-6H,1,7H2;1-5,7H,8-9H2. The molecule has 0 unspecified atom stereocenters. The second kappa shape index (κ2) is 18.5. The van der Waals surface area contributed by atoms with Crippen LogP contribution in [0.3, 0.4) is 0 Å². The van der Waals surface area contributed by atoms with Crippen molar-refractivity contribution in [2.75, 3.05) is 0 Å². The monoisotopic (exact) mass is 754 g/mol. The number of pyridine rings is 1. The van der Waals surface area contributed by atoms with Gasteiger partial charge in [-0.2, -0.15) is 0 Å². The molecule has 0 amide bonds. The maximum absolute atomic E-state index is 5.39. The summed E-state index contributed by atoms with van der Waals surface area (Å²) in [5, 5.41) is 6.08. The molecule has 58 heavy (non-hydrogen) atoms. The van der Waals surface area contributed by atoms with E-state index in [2.05, 4.69) is 160 Å². The Morgan fingerprint density at radius 1 is 0.500 bits per heavy atom. The number of para-hydroxylation sites is 1. The molecule has 0 atom stereocenters. The van der Waals surface area contributed by atoms with Crippen LogP contribution in [0.25, 0.3) is 66.0 Å². The van der Waals surface area contributed by atoms with E-state index in [4.69, 9.17) is 16.5 Å². The highest BCUT2D eigenvalue weighted by Gasteiger charge is 2.12. The summed E-state index contributed by atoms with van der Waals surface area (Å²) in [7, 11) is 0. The fourth-order valence-electron chi connectivity index (χ4n) is 7.28. The number of benzene rings is 8. The summed E-state index contributed by atoms with van der Waals surface area (Å²) in [6.07, 6.45) is -0.341. The maximum Gasteiger partial charge on any atom is 0.0788 e. The molecule has 0 saturated heterocycles. The second-order valence-corrected chi connectivity index (χ2v) is 15.0. The Balaban J connectivity index is 0.000000234. The summed E-state index contributed by atoms with van der Waals surface area (Å²) in [5.74, 6) is 0.511. The van der Waals surface area contributed by atoms with Crippen molar-refractivity contribution in [1.82, 2.24) is 4.98 Å². The molecular formula is C54H50N4. The van der Waals surface area contributed by atoms with Crippen molar-refractivity contribution >= 4 is 39.2 Å². The van der Waals surface area contributed by atoms with Gasteiger partial charge in [-0.05, 0) is 104 Å². The van der Waals surface area contributed by atoms with Gasteiger partial charge in [0.05, 0.1) is 23.9 Å². The van der Waals surface area contributed by atoms with Crippen molar-refractivity contribution in [2.24, 2.45) is 16.5 Å². The fraction of sp³-hybridized carbons (Fsp3) is 0.111. The molecule has 0 aliphatic rings. The molecule has 0 fully saturated rings.